The van der Waals surface area contributed by atoms with E-state index in [0.29, 0.717) is 0 Å². The summed E-state index contributed by atoms with van der Waals surface area (Å²) in [6.45, 7) is 8.77. The van der Waals surface area contributed by atoms with Gasteiger partial charge in [-0.15, -0.1) is 5.41 Å². The van der Waals surface area contributed by atoms with Crippen LogP contribution in [-0.2, 0) is 44.7 Å². The minimum absolute atomic E-state index is 0. The molecule has 0 aliphatic rings. The SMILES string of the molecule is [CH2-]C(C)(C)C(C)=O.[Re].[Rh]. The molecule has 0 aromatic carbocycles. The molecular weight excluding hydrogens is 377 g/mol. The first kappa shape index (κ1) is 16.5. The van der Waals surface area contributed by atoms with Gasteiger partial charge in [-0.1, -0.05) is 13.8 Å². The second-order valence-electron chi connectivity index (χ2n) is 2.44. The predicted molar refractivity (Wildman–Crippen MR) is 29.8 cm³/mol. The van der Waals surface area contributed by atoms with E-state index in [1.807, 2.05) is 0 Å². The normalized spacial score (nSPS) is 8.89. The summed E-state index contributed by atoms with van der Waals surface area (Å²) >= 11 is 0. The van der Waals surface area contributed by atoms with Crippen molar-refractivity contribution < 1.29 is 44.7 Å². The van der Waals surface area contributed by atoms with Crippen LogP contribution in [0, 0.1) is 12.3 Å². The van der Waals surface area contributed by atoms with E-state index in [-0.39, 0.29) is 51.1 Å². The van der Waals surface area contributed by atoms with Crippen LogP contribution in [0.5, 0.6) is 0 Å². The number of ketones is 1. The van der Waals surface area contributed by atoms with Crippen LogP contribution in [0.3, 0.4) is 0 Å². The van der Waals surface area contributed by atoms with E-state index >= 15 is 0 Å². The van der Waals surface area contributed by atoms with Crippen LogP contribution >= 0.6 is 0 Å². The molecule has 2 radical (unpaired) electrons. The molecule has 0 bridgehead atoms. The van der Waals surface area contributed by atoms with Crippen molar-refractivity contribution in [1.29, 1.82) is 0 Å². The topological polar surface area (TPSA) is 17.1 Å². The van der Waals surface area contributed by atoms with Crippen molar-refractivity contribution in [3.63, 3.8) is 0 Å². The number of hydrogen-bond acceptors (Lipinski definition) is 1. The van der Waals surface area contributed by atoms with E-state index in [4.69, 9.17) is 0 Å². The van der Waals surface area contributed by atoms with E-state index in [1.54, 1.807) is 20.8 Å². The van der Waals surface area contributed by atoms with Crippen molar-refractivity contribution in [3.8, 4) is 0 Å². The zero-order valence-electron chi connectivity index (χ0n) is 5.83. The molecule has 0 saturated carbocycles. The molecule has 58 valence electrons. The Hall–Kier alpha value is 0.956. The van der Waals surface area contributed by atoms with Crippen LogP contribution in [0.1, 0.15) is 20.8 Å². The van der Waals surface area contributed by atoms with Crippen molar-refractivity contribution >= 4 is 5.78 Å². The molecule has 1 nitrogen and oxygen atoms in total. The molecule has 0 spiro atoms. The Morgan fingerprint density at radius 1 is 1.44 bits per heavy atom. The van der Waals surface area contributed by atoms with Crippen molar-refractivity contribution in [2.75, 3.05) is 0 Å². The average molecular weight is 388 g/mol. The fourth-order valence-electron chi connectivity index (χ4n) is 0. The zero-order valence-corrected chi connectivity index (χ0v) is 10.2. The Balaban J connectivity index is -0.000000180. The van der Waals surface area contributed by atoms with Gasteiger partial charge >= 0.3 is 0 Å². The van der Waals surface area contributed by atoms with Gasteiger partial charge in [-0.05, 0) is 6.92 Å². The molecule has 0 aromatic heterocycles. The second-order valence-corrected chi connectivity index (χ2v) is 2.44. The van der Waals surface area contributed by atoms with Gasteiger partial charge in [0.15, 0.2) is 0 Å². The minimum atomic E-state index is -0.389. The van der Waals surface area contributed by atoms with Crippen LogP contribution in [-0.4, -0.2) is 5.78 Å². The van der Waals surface area contributed by atoms with E-state index in [0.717, 1.165) is 0 Å². The molecule has 3 heteroatoms. The van der Waals surface area contributed by atoms with Gasteiger partial charge in [0.1, 0.15) is 5.78 Å². The van der Waals surface area contributed by atoms with Gasteiger partial charge in [0.05, 0.1) is 0 Å². The van der Waals surface area contributed by atoms with Gasteiger partial charge in [0.25, 0.3) is 0 Å². The maximum absolute atomic E-state index is 10.4. The van der Waals surface area contributed by atoms with Gasteiger partial charge in [-0.3, -0.25) is 0 Å². The van der Waals surface area contributed by atoms with E-state index in [2.05, 4.69) is 6.92 Å². The van der Waals surface area contributed by atoms with Crippen LogP contribution in [0.4, 0.5) is 0 Å². The number of hydrogen-bond donors (Lipinski definition) is 0. The summed E-state index contributed by atoms with van der Waals surface area (Å²) in [5, 5.41) is 0. The Bertz CT molecular complexity index is 85.5. The molecule has 0 N–H and O–H groups in total. The van der Waals surface area contributed by atoms with Gasteiger partial charge < -0.3 is 11.7 Å². The molecule has 0 fully saturated rings. The predicted octanol–water partition coefficient (Wildman–Crippen LogP) is 1.43. The molecule has 0 heterocycles. The average Bonchev–Trinajstić information content (AvgIpc) is 1.31. The van der Waals surface area contributed by atoms with Crippen molar-refractivity contribution in [2.24, 2.45) is 5.41 Å². The summed E-state index contributed by atoms with van der Waals surface area (Å²) in [7, 11) is 0. The zero-order chi connectivity index (χ0) is 6.08. The molecule has 0 amide bonds. The largest absolute Gasteiger partial charge is 0.331 e. The summed E-state index contributed by atoms with van der Waals surface area (Å²) in [5.74, 6) is 0.132. The third-order valence-electron chi connectivity index (χ3n) is 0.953. The molecule has 0 rings (SSSR count). The molecule has 0 atom stereocenters. The van der Waals surface area contributed by atoms with E-state index in [9.17, 15) is 4.79 Å². The van der Waals surface area contributed by atoms with Crippen molar-refractivity contribution in [2.45, 2.75) is 20.8 Å². The summed E-state index contributed by atoms with van der Waals surface area (Å²) in [6.07, 6.45) is 0. The Morgan fingerprint density at radius 3 is 1.56 bits per heavy atom. The summed E-state index contributed by atoms with van der Waals surface area (Å²) in [5.41, 5.74) is -0.389. The fraction of sp³-hybridized carbons (Fsp3) is 0.667. The Kier molecular flexibility index (Phi) is 10.5. The summed E-state index contributed by atoms with van der Waals surface area (Å²) < 4.78 is 0. The van der Waals surface area contributed by atoms with Crippen LogP contribution < -0.4 is 0 Å². The van der Waals surface area contributed by atoms with Crippen molar-refractivity contribution in [1.82, 2.24) is 0 Å². The molecule has 0 aliphatic heterocycles. The second kappa shape index (κ2) is 5.72. The fourth-order valence-corrected chi connectivity index (χ4v) is 0. The Morgan fingerprint density at radius 2 is 1.56 bits per heavy atom. The first-order valence-corrected chi connectivity index (χ1v) is 2.31. The van der Waals surface area contributed by atoms with Crippen LogP contribution in [0.15, 0.2) is 0 Å². The molecule has 0 unspecified atom stereocenters. The maximum Gasteiger partial charge on any atom is 0.105 e. The number of Topliss-reactive ketones (excluding diaryl/α,β-unsaturated/α-hetero) is 1. The number of carbonyl (C=O) groups excluding carboxylic acids is 1. The molecule has 9 heavy (non-hydrogen) atoms. The first-order chi connectivity index (χ1) is 2.94. The molecule has 0 saturated heterocycles. The monoisotopic (exact) mass is 389 g/mol. The molecular formula is C6H11OReRh-. The van der Waals surface area contributed by atoms with E-state index < -0.39 is 0 Å². The maximum atomic E-state index is 10.4. The standard InChI is InChI=1S/C6H11O.Re.Rh/c1-5(7)6(2,3)4;;/h2H2,1,3-4H3;;/q-1;;. The first-order valence-electron chi connectivity index (χ1n) is 2.31. The van der Waals surface area contributed by atoms with Gasteiger partial charge in [0.2, 0.25) is 0 Å². The quantitative estimate of drug-likeness (QED) is 0.491. The van der Waals surface area contributed by atoms with Crippen LogP contribution in [0.2, 0.25) is 0 Å². The number of rotatable bonds is 1. The van der Waals surface area contributed by atoms with Gasteiger partial charge in [0, 0.05) is 39.9 Å². The third kappa shape index (κ3) is 8.96. The summed E-state index contributed by atoms with van der Waals surface area (Å²) in [6, 6.07) is 0. The number of carbonyl (C=O) groups is 1. The summed E-state index contributed by atoms with van der Waals surface area (Å²) in [4.78, 5) is 10.4. The third-order valence-corrected chi connectivity index (χ3v) is 0.953. The van der Waals surface area contributed by atoms with Gasteiger partial charge in [-0.25, -0.2) is 0 Å². The smallest absolute Gasteiger partial charge is 0.105 e. The molecule has 0 aromatic rings. The van der Waals surface area contributed by atoms with Crippen molar-refractivity contribution in [3.05, 3.63) is 6.92 Å². The Labute approximate surface area is 83.4 Å². The van der Waals surface area contributed by atoms with Crippen LogP contribution in [0.25, 0.3) is 0 Å². The molecule has 0 aliphatic carbocycles. The van der Waals surface area contributed by atoms with Gasteiger partial charge in [-0.2, -0.15) is 0 Å². The minimum Gasteiger partial charge on any atom is -0.331 e. The van der Waals surface area contributed by atoms with E-state index in [1.165, 1.54) is 0 Å².